The highest BCUT2D eigenvalue weighted by molar-refractivity contribution is 5.78. The van der Waals surface area contributed by atoms with Crippen LogP contribution in [0.5, 0.6) is 0 Å². The van der Waals surface area contributed by atoms with Gasteiger partial charge in [-0.15, -0.1) is 0 Å². The normalized spacial score (nSPS) is 17.0. The minimum absolute atomic E-state index is 0.114. The van der Waals surface area contributed by atoms with Crippen LogP contribution in [0.1, 0.15) is 25.6 Å². The minimum Gasteiger partial charge on any atom is -0.369 e. The molecule has 0 saturated carbocycles. The maximum atomic E-state index is 13.9. The Bertz CT molecular complexity index is 872. The van der Waals surface area contributed by atoms with Gasteiger partial charge in [0.25, 0.3) is 0 Å². The Morgan fingerprint density at radius 1 is 1.30 bits per heavy atom. The highest BCUT2D eigenvalue weighted by atomic mass is 19.1. The van der Waals surface area contributed by atoms with E-state index in [-0.39, 0.29) is 17.8 Å². The van der Waals surface area contributed by atoms with Crippen LogP contribution in [-0.2, 0) is 9.53 Å². The van der Waals surface area contributed by atoms with Gasteiger partial charge in [0.1, 0.15) is 11.9 Å². The molecule has 0 N–H and O–H groups in total. The van der Waals surface area contributed by atoms with Crippen LogP contribution in [0.2, 0.25) is 0 Å². The number of carbonyl (C=O) groups is 1. The Kier molecular flexibility index (Phi) is 7.33. The quantitative estimate of drug-likeness (QED) is 0.693. The first-order valence-electron chi connectivity index (χ1n) is 10.3. The van der Waals surface area contributed by atoms with E-state index in [0.717, 1.165) is 5.56 Å². The fourth-order valence-corrected chi connectivity index (χ4v) is 3.60. The van der Waals surface area contributed by atoms with E-state index < -0.39 is 0 Å². The van der Waals surface area contributed by atoms with Gasteiger partial charge in [-0.3, -0.25) is 9.69 Å². The van der Waals surface area contributed by atoms with E-state index in [2.05, 4.69) is 9.88 Å². The second kappa shape index (κ2) is 9.95. The molecular weight excluding hydrogens is 385 g/mol. The number of morpholine rings is 1. The number of ether oxygens (including phenoxy) is 1. The maximum Gasteiger partial charge on any atom is 0.236 e. The summed E-state index contributed by atoms with van der Waals surface area (Å²) >= 11 is 0. The first kappa shape index (κ1) is 22.1. The third kappa shape index (κ3) is 5.12. The topological polar surface area (TPSA) is 61.8 Å². The predicted octanol–water partition coefficient (Wildman–Crippen LogP) is 2.59. The second-order valence-corrected chi connectivity index (χ2v) is 7.53. The number of aromatic nitrogens is 2. The monoisotopic (exact) mass is 415 g/mol. The van der Waals surface area contributed by atoms with Gasteiger partial charge in [-0.2, -0.15) is 0 Å². The number of hydrogen-bond acceptors (Lipinski definition) is 6. The molecule has 2 aromatic rings. The second-order valence-electron chi connectivity index (χ2n) is 7.53. The van der Waals surface area contributed by atoms with Crippen molar-refractivity contribution in [2.45, 2.75) is 20.0 Å². The number of carbonyl (C=O) groups excluding carboxylic acids is 1. The first-order valence-corrected chi connectivity index (χ1v) is 10.3. The summed E-state index contributed by atoms with van der Waals surface area (Å²) in [4.78, 5) is 27.5. The molecule has 1 amide bonds. The van der Waals surface area contributed by atoms with E-state index >= 15 is 0 Å². The van der Waals surface area contributed by atoms with Gasteiger partial charge >= 0.3 is 0 Å². The van der Waals surface area contributed by atoms with Crippen LogP contribution in [0.4, 0.5) is 10.3 Å². The smallest absolute Gasteiger partial charge is 0.236 e. The van der Waals surface area contributed by atoms with Gasteiger partial charge in [-0.25, -0.2) is 14.4 Å². The molecular formula is C22H30FN5O2. The van der Waals surface area contributed by atoms with E-state index in [1.807, 2.05) is 43.8 Å². The minimum atomic E-state index is -0.330. The molecule has 1 aliphatic heterocycles. The van der Waals surface area contributed by atoms with Gasteiger partial charge in [0.15, 0.2) is 0 Å². The van der Waals surface area contributed by atoms with Crippen molar-refractivity contribution in [2.75, 3.05) is 58.3 Å². The summed E-state index contributed by atoms with van der Waals surface area (Å²) in [5.74, 6) is 0.360. The molecule has 7 nitrogen and oxygen atoms in total. The third-order valence-electron chi connectivity index (χ3n) is 5.27. The van der Waals surface area contributed by atoms with Crippen molar-refractivity contribution in [1.29, 1.82) is 0 Å². The third-order valence-corrected chi connectivity index (χ3v) is 5.27. The average molecular weight is 416 g/mol. The van der Waals surface area contributed by atoms with Crippen LogP contribution in [0.3, 0.4) is 0 Å². The zero-order chi connectivity index (χ0) is 21.7. The van der Waals surface area contributed by atoms with Crippen molar-refractivity contribution in [1.82, 2.24) is 19.8 Å². The van der Waals surface area contributed by atoms with Crippen molar-refractivity contribution in [3.63, 3.8) is 0 Å². The standard InChI is InChI=1S/C22H30FN5O2/c1-5-28(6-2)20(29)15-27-10-11-30-19(14-27)21-18(13-24-22(25-21)26(3)4)16-8-7-9-17(23)12-16/h7-9,12-13,19H,5-6,10-11,14-15H2,1-4H3/t19-/m1/s1. The van der Waals surface area contributed by atoms with Crippen LogP contribution in [0, 0.1) is 5.82 Å². The molecule has 8 heteroatoms. The van der Waals surface area contributed by atoms with Gasteiger partial charge in [0, 0.05) is 52.0 Å². The SMILES string of the molecule is CCN(CC)C(=O)CN1CCO[C@@H](c2nc(N(C)C)ncc2-c2cccc(F)c2)C1. The average Bonchev–Trinajstić information content (AvgIpc) is 2.74. The number of hydrogen-bond donors (Lipinski definition) is 0. The van der Waals surface area contributed by atoms with Gasteiger partial charge in [-0.1, -0.05) is 12.1 Å². The van der Waals surface area contributed by atoms with Crippen molar-refractivity contribution in [3.8, 4) is 11.1 Å². The van der Waals surface area contributed by atoms with Crippen LogP contribution in [0.15, 0.2) is 30.5 Å². The highest BCUT2D eigenvalue weighted by Crippen LogP contribution is 2.31. The van der Waals surface area contributed by atoms with E-state index in [1.54, 1.807) is 12.3 Å². The molecule has 0 bridgehead atoms. The fourth-order valence-electron chi connectivity index (χ4n) is 3.60. The Labute approximate surface area is 177 Å². The van der Waals surface area contributed by atoms with E-state index in [9.17, 15) is 9.18 Å². The fraction of sp³-hybridized carbons (Fsp3) is 0.500. The molecule has 1 atom stereocenters. The lowest BCUT2D eigenvalue weighted by Crippen LogP contribution is -2.45. The lowest BCUT2D eigenvalue weighted by Gasteiger charge is -2.34. The maximum absolute atomic E-state index is 13.9. The van der Waals surface area contributed by atoms with Crippen LogP contribution >= 0.6 is 0 Å². The highest BCUT2D eigenvalue weighted by Gasteiger charge is 2.28. The molecule has 1 aliphatic rings. The Morgan fingerprint density at radius 3 is 2.73 bits per heavy atom. The lowest BCUT2D eigenvalue weighted by molar-refractivity contribution is -0.134. The molecule has 1 fully saturated rings. The Balaban J connectivity index is 1.89. The molecule has 2 heterocycles. The van der Waals surface area contributed by atoms with Crippen LogP contribution in [-0.4, -0.2) is 79.1 Å². The summed E-state index contributed by atoms with van der Waals surface area (Å²) in [7, 11) is 3.75. The van der Waals surface area contributed by atoms with Gasteiger partial charge < -0.3 is 14.5 Å². The molecule has 0 unspecified atom stereocenters. The van der Waals surface area contributed by atoms with Crippen molar-refractivity contribution < 1.29 is 13.9 Å². The molecule has 1 saturated heterocycles. The van der Waals surface area contributed by atoms with Crippen LogP contribution in [0.25, 0.3) is 11.1 Å². The summed E-state index contributed by atoms with van der Waals surface area (Å²) in [5, 5.41) is 0. The predicted molar refractivity (Wildman–Crippen MR) is 115 cm³/mol. The number of anilines is 1. The molecule has 1 aromatic carbocycles. The summed E-state index contributed by atoms with van der Waals surface area (Å²) in [5.41, 5.74) is 2.15. The van der Waals surface area contributed by atoms with E-state index in [0.29, 0.717) is 56.5 Å². The van der Waals surface area contributed by atoms with E-state index in [4.69, 9.17) is 9.72 Å². The van der Waals surface area contributed by atoms with Gasteiger partial charge in [-0.05, 0) is 31.5 Å². The van der Waals surface area contributed by atoms with Gasteiger partial charge in [0.2, 0.25) is 11.9 Å². The number of amides is 1. The largest absolute Gasteiger partial charge is 0.369 e. The molecule has 0 spiro atoms. The first-order chi connectivity index (χ1) is 14.4. The number of rotatable bonds is 7. The Hall–Kier alpha value is -2.58. The molecule has 162 valence electrons. The number of halogens is 1. The van der Waals surface area contributed by atoms with Crippen molar-refractivity contribution in [2.24, 2.45) is 0 Å². The lowest BCUT2D eigenvalue weighted by atomic mass is 10.0. The van der Waals surface area contributed by atoms with Crippen LogP contribution < -0.4 is 4.90 Å². The number of nitrogens with zero attached hydrogens (tertiary/aromatic N) is 5. The van der Waals surface area contributed by atoms with Crippen molar-refractivity contribution in [3.05, 3.63) is 42.0 Å². The summed E-state index contributed by atoms with van der Waals surface area (Å²) < 4.78 is 19.9. The molecule has 0 aliphatic carbocycles. The Morgan fingerprint density at radius 2 is 2.07 bits per heavy atom. The van der Waals surface area contributed by atoms with Crippen molar-refractivity contribution >= 4 is 11.9 Å². The summed E-state index contributed by atoms with van der Waals surface area (Å²) in [6, 6.07) is 6.40. The zero-order valence-corrected chi connectivity index (χ0v) is 18.1. The zero-order valence-electron chi connectivity index (χ0n) is 18.1. The number of likely N-dealkylation sites (N-methyl/N-ethyl adjacent to an activating group) is 1. The van der Waals surface area contributed by atoms with Gasteiger partial charge in [0.05, 0.1) is 18.8 Å². The summed E-state index contributed by atoms with van der Waals surface area (Å²) in [6.45, 7) is 7.44. The molecule has 0 radical (unpaired) electrons. The molecule has 1 aromatic heterocycles. The molecule has 30 heavy (non-hydrogen) atoms. The summed E-state index contributed by atoms with van der Waals surface area (Å²) in [6.07, 6.45) is 1.39. The number of benzene rings is 1. The molecule has 3 rings (SSSR count). The van der Waals surface area contributed by atoms with E-state index in [1.165, 1.54) is 12.1 Å².